The van der Waals surface area contributed by atoms with Crippen LogP contribution in [-0.2, 0) is 4.79 Å². The highest BCUT2D eigenvalue weighted by molar-refractivity contribution is 6.04. The van der Waals surface area contributed by atoms with Gasteiger partial charge in [0, 0.05) is 55.1 Å². The van der Waals surface area contributed by atoms with Crippen molar-refractivity contribution in [2.75, 3.05) is 18.4 Å². The van der Waals surface area contributed by atoms with Crippen LogP contribution in [-0.4, -0.2) is 55.9 Å². The van der Waals surface area contributed by atoms with Crippen LogP contribution in [0.25, 0.3) is 16.8 Å². The average molecular weight is 507 g/mol. The largest absolute Gasteiger partial charge is 0.342 e. The van der Waals surface area contributed by atoms with Gasteiger partial charge in [-0.25, -0.2) is 19.9 Å². The van der Waals surface area contributed by atoms with E-state index in [0.717, 1.165) is 36.3 Å². The smallest absolute Gasteiger partial charge is 0.256 e. The third-order valence-corrected chi connectivity index (χ3v) is 6.71. The molecule has 0 radical (unpaired) electrons. The molecule has 1 aromatic carbocycles. The summed E-state index contributed by atoms with van der Waals surface area (Å²) in [6.07, 6.45) is 7.32. The van der Waals surface area contributed by atoms with E-state index in [-0.39, 0.29) is 17.7 Å². The van der Waals surface area contributed by atoms with Gasteiger partial charge in [0.05, 0.1) is 11.6 Å². The summed E-state index contributed by atoms with van der Waals surface area (Å²) in [5.41, 5.74) is 3.05. The molecule has 1 N–H and O–H groups in total. The molecule has 190 valence electrons. The monoisotopic (exact) mass is 506 g/mol. The highest BCUT2D eigenvalue weighted by Crippen LogP contribution is 2.35. The molecule has 0 aliphatic carbocycles. The van der Waals surface area contributed by atoms with Crippen LogP contribution in [0.1, 0.15) is 53.8 Å². The van der Waals surface area contributed by atoms with Gasteiger partial charge in [0.25, 0.3) is 5.91 Å². The minimum Gasteiger partial charge on any atom is -0.342 e. The van der Waals surface area contributed by atoms with Crippen molar-refractivity contribution in [1.82, 2.24) is 24.3 Å². The van der Waals surface area contributed by atoms with Crippen molar-refractivity contribution < 1.29 is 9.59 Å². The lowest BCUT2D eigenvalue weighted by Crippen LogP contribution is -2.39. The number of aliphatic imine (C=N–C) groups is 1. The van der Waals surface area contributed by atoms with Gasteiger partial charge in [-0.2, -0.15) is 5.26 Å². The summed E-state index contributed by atoms with van der Waals surface area (Å²) in [5, 5.41) is 11.8. The Labute approximate surface area is 219 Å². The molecular weight excluding hydrogens is 480 g/mol. The zero-order chi connectivity index (χ0) is 26.6. The second-order valence-electron chi connectivity index (χ2n) is 9.05. The quantitative estimate of drug-likeness (QED) is 0.387. The number of benzene rings is 1. The third kappa shape index (κ3) is 4.74. The molecule has 3 aromatic heterocycles. The Balaban J connectivity index is 1.48. The number of carbonyl (C=O) groups is 2. The Kier molecular flexibility index (Phi) is 6.91. The highest BCUT2D eigenvalue weighted by atomic mass is 16.2. The van der Waals surface area contributed by atoms with Crippen LogP contribution in [0.2, 0.25) is 0 Å². The van der Waals surface area contributed by atoms with E-state index in [1.165, 1.54) is 12.3 Å². The van der Waals surface area contributed by atoms with Crippen LogP contribution < -0.4 is 5.32 Å². The first-order chi connectivity index (χ1) is 18.5. The summed E-state index contributed by atoms with van der Waals surface area (Å²) >= 11 is 0. The maximum Gasteiger partial charge on any atom is 0.256 e. The third-order valence-electron chi connectivity index (χ3n) is 6.71. The normalized spacial score (nSPS) is 15.2. The van der Waals surface area contributed by atoms with E-state index in [1.54, 1.807) is 24.4 Å². The van der Waals surface area contributed by atoms with Crippen molar-refractivity contribution in [3.8, 4) is 17.3 Å². The molecule has 5 rings (SSSR count). The Morgan fingerprint density at radius 2 is 2.03 bits per heavy atom. The van der Waals surface area contributed by atoms with Gasteiger partial charge in [-0.1, -0.05) is 19.1 Å². The number of nitrogens with one attached hydrogen (secondary N) is 1. The van der Waals surface area contributed by atoms with Crippen LogP contribution in [0.3, 0.4) is 0 Å². The summed E-state index contributed by atoms with van der Waals surface area (Å²) in [6, 6.07) is 12.2. The van der Waals surface area contributed by atoms with Crippen LogP contribution in [0.4, 0.5) is 11.6 Å². The molecule has 1 fully saturated rings. The predicted molar refractivity (Wildman–Crippen MR) is 143 cm³/mol. The molecule has 10 nitrogen and oxygen atoms in total. The molecule has 0 saturated carbocycles. The Morgan fingerprint density at radius 3 is 2.76 bits per heavy atom. The van der Waals surface area contributed by atoms with E-state index in [9.17, 15) is 9.59 Å². The fourth-order valence-corrected chi connectivity index (χ4v) is 4.83. The van der Waals surface area contributed by atoms with Crippen molar-refractivity contribution in [2.45, 2.75) is 32.1 Å². The molecule has 4 heterocycles. The minimum atomic E-state index is -0.340. The Bertz CT molecular complexity index is 1570. The van der Waals surface area contributed by atoms with Crippen molar-refractivity contribution in [2.24, 2.45) is 4.99 Å². The second kappa shape index (κ2) is 10.6. The van der Waals surface area contributed by atoms with Crippen molar-refractivity contribution in [3.63, 3.8) is 0 Å². The lowest BCUT2D eigenvalue weighted by Gasteiger charge is -2.32. The van der Waals surface area contributed by atoms with Crippen LogP contribution >= 0.6 is 0 Å². The second-order valence-corrected chi connectivity index (χ2v) is 9.05. The molecule has 0 bridgehead atoms. The SMILES string of the molecule is C=Nc1nccn2c(C3CCCN(C(=O)CC)C3)nc(-c3ccc(C(=O)Nc4cc(C#N)ccn4)cc3)c12. The Hall–Kier alpha value is -4.91. The van der Waals surface area contributed by atoms with Crippen LogP contribution in [0.15, 0.2) is 60.0 Å². The fraction of sp³-hybridized carbons (Fsp3) is 0.250. The van der Waals surface area contributed by atoms with Gasteiger partial charge >= 0.3 is 0 Å². The van der Waals surface area contributed by atoms with E-state index in [4.69, 9.17) is 10.2 Å². The van der Waals surface area contributed by atoms with E-state index in [2.05, 4.69) is 27.0 Å². The summed E-state index contributed by atoms with van der Waals surface area (Å²) in [4.78, 5) is 44.7. The number of hydrogen-bond donors (Lipinski definition) is 1. The van der Waals surface area contributed by atoms with Crippen molar-refractivity contribution in [3.05, 3.63) is 71.9 Å². The number of hydrogen-bond acceptors (Lipinski definition) is 7. The molecule has 10 heteroatoms. The number of imidazole rings is 1. The number of nitrogens with zero attached hydrogens (tertiary/aromatic N) is 7. The number of aromatic nitrogens is 4. The maximum absolute atomic E-state index is 12.8. The van der Waals surface area contributed by atoms with E-state index < -0.39 is 0 Å². The molecule has 1 aliphatic heterocycles. The van der Waals surface area contributed by atoms with Gasteiger partial charge < -0.3 is 10.2 Å². The lowest BCUT2D eigenvalue weighted by molar-refractivity contribution is -0.132. The number of likely N-dealkylation sites (tertiary alicyclic amines) is 1. The maximum atomic E-state index is 12.8. The molecule has 1 unspecified atom stereocenters. The number of amides is 2. The molecule has 2 amide bonds. The number of anilines is 1. The molecule has 38 heavy (non-hydrogen) atoms. The number of rotatable bonds is 6. The topological polar surface area (TPSA) is 129 Å². The molecule has 4 aromatic rings. The van der Waals surface area contributed by atoms with E-state index in [1.807, 2.05) is 40.6 Å². The van der Waals surface area contributed by atoms with Gasteiger partial charge in [0.2, 0.25) is 5.91 Å². The summed E-state index contributed by atoms with van der Waals surface area (Å²) < 4.78 is 1.99. The number of pyridine rings is 1. The fourth-order valence-electron chi connectivity index (χ4n) is 4.83. The minimum absolute atomic E-state index is 0.0716. The number of carbonyl (C=O) groups excluding carboxylic acids is 2. The summed E-state index contributed by atoms with van der Waals surface area (Å²) in [7, 11) is 0. The van der Waals surface area contributed by atoms with Crippen LogP contribution in [0, 0.1) is 11.3 Å². The van der Waals surface area contributed by atoms with E-state index in [0.29, 0.717) is 41.4 Å². The first kappa shape index (κ1) is 24.8. The standard InChI is InChI=1S/C28H26N8O2/c1-3-23(37)35-13-4-5-21(17-35)27-34-24(25-26(30-2)32-12-14-36(25)27)19-6-8-20(9-7-19)28(38)33-22-15-18(16-29)10-11-31-22/h6-12,14-15,21H,2-5,13,17H2,1H3,(H,31,33,38). The molecule has 0 spiro atoms. The van der Waals surface area contributed by atoms with Gasteiger partial charge in [0.1, 0.15) is 22.9 Å². The molecule has 1 saturated heterocycles. The zero-order valence-electron chi connectivity index (χ0n) is 21.0. The van der Waals surface area contributed by atoms with Crippen molar-refractivity contribution in [1.29, 1.82) is 5.26 Å². The first-order valence-corrected chi connectivity index (χ1v) is 12.4. The Morgan fingerprint density at radius 1 is 1.21 bits per heavy atom. The molecule has 1 aliphatic rings. The van der Waals surface area contributed by atoms with Gasteiger partial charge in [-0.15, -0.1) is 0 Å². The predicted octanol–water partition coefficient (Wildman–Crippen LogP) is 4.36. The first-order valence-electron chi connectivity index (χ1n) is 12.4. The lowest BCUT2D eigenvalue weighted by atomic mass is 9.97. The van der Waals surface area contributed by atoms with E-state index >= 15 is 0 Å². The number of nitriles is 1. The number of piperidine rings is 1. The summed E-state index contributed by atoms with van der Waals surface area (Å²) in [5.74, 6) is 1.49. The molecule has 1 atom stereocenters. The highest BCUT2D eigenvalue weighted by Gasteiger charge is 2.29. The van der Waals surface area contributed by atoms with Crippen molar-refractivity contribution >= 4 is 35.7 Å². The number of fused-ring (bicyclic) bond motifs is 1. The summed E-state index contributed by atoms with van der Waals surface area (Å²) in [6.45, 7) is 6.95. The average Bonchev–Trinajstić information content (AvgIpc) is 3.37. The van der Waals surface area contributed by atoms with Gasteiger partial charge in [0.15, 0.2) is 5.82 Å². The van der Waals surface area contributed by atoms with Gasteiger partial charge in [-0.05, 0) is 43.8 Å². The zero-order valence-corrected chi connectivity index (χ0v) is 21.0. The molecular formula is C28H26N8O2. The van der Waals surface area contributed by atoms with Crippen LogP contribution in [0.5, 0.6) is 0 Å². The van der Waals surface area contributed by atoms with Gasteiger partial charge in [-0.3, -0.25) is 14.0 Å².